The number of rotatable bonds is 3. The van der Waals surface area contributed by atoms with E-state index in [-0.39, 0.29) is 10.9 Å². The van der Waals surface area contributed by atoms with Crippen LogP contribution in [0.4, 0.5) is 5.69 Å². The Labute approximate surface area is 143 Å². The maximum atomic E-state index is 12.8. The maximum Gasteiger partial charge on any atom is 0.237 e. The molecule has 1 aromatic carbocycles. The van der Waals surface area contributed by atoms with Crippen molar-refractivity contribution < 1.29 is 4.79 Å². The third-order valence-electron chi connectivity index (χ3n) is 4.04. The molecule has 3 N–H and O–H groups in total. The van der Waals surface area contributed by atoms with Gasteiger partial charge in [0.05, 0.1) is 21.1 Å². The summed E-state index contributed by atoms with van der Waals surface area (Å²) in [4.78, 5) is 13.1. The number of carbonyl (C=O) groups is 1. The van der Waals surface area contributed by atoms with Crippen molar-refractivity contribution in [1.29, 1.82) is 0 Å². The summed E-state index contributed by atoms with van der Waals surface area (Å²) < 4.78 is 0.865. The highest BCUT2D eigenvalue weighted by Gasteiger charge is 2.41. The second-order valence-corrected chi connectivity index (χ2v) is 7.20. The van der Waals surface area contributed by atoms with Crippen LogP contribution in [0.25, 0.3) is 0 Å². The highest BCUT2D eigenvalue weighted by Crippen LogP contribution is 2.37. The number of thiocarbonyl (C=S) groups is 1. The first-order chi connectivity index (χ1) is 9.95. The number of benzene rings is 1. The summed E-state index contributed by atoms with van der Waals surface area (Å²) in [6, 6.07) is 5.36. The minimum atomic E-state index is -0.748. The lowest BCUT2D eigenvalue weighted by Gasteiger charge is -2.30. The van der Waals surface area contributed by atoms with Gasteiger partial charge < -0.3 is 11.1 Å². The number of amides is 1. The Bertz CT molecular complexity index is 557. The topological polar surface area (TPSA) is 55.1 Å². The second-order valence-electron chi connectivity index (χ2n) is 5.44. The van der Waals surface area contributed by atoms with Gasteiger partial charge in [-0.15, -0.1) is 0 Å². The average molecular weight is 390 g/mol. The Kier molecular flexibility index (Phi) is 5.63. The number of nitrogens with two attached hydrogens (primary N) is 1. The molecular weight excluding hydrogens is 372 g/mol. The lowest BCUT2D eigenvalue weighted by atomic mass is 9.79. The van der Waals surface area contributed by atoms with Gasteiger partial charge in [-0.05, 0) is 31.0 Å². The molecule has 1 aromatic rings. The Morgan fingerprint density at radius 2 is 1.90 bits per heavy atom. The lowest BCUT2D eigenvalue weighted by Crippen LogP contribution is -2.45. The van der Waals surface area contributed by atoms with Crippen LogP contribution in [-0.2, 0) is 4.79 Å². The molecule has 0 saturated heterocycles. The average Bonchev–Trinajstić information content (AvgIpc) is 2.68. The zero-order chi connectivity index (χ0) is 15.5. The van der Waals surface area contributed by atoms with Gasteiger partial charge in [0.1, 0.15) is 0 Å². The molecule has 1 aliphatic rings. The van der Waals surface area contributed by atoms with Crippen molar-refractivity contribution in [3.05, 3.63) is 27.7 Å². The third-order valence-corrected chi connectivity index (χ3v) is 5.24. The van der Waals surface area contributed by atoms with E-state index >= 15 is 0 Å². The van der Waals surface area contributed by atoms with Gasteiger partial charge >= 0.3 is 0 Å². The molecule has 1 fully saturated rings. The largest absolute Gasteiger partial charge is 0.392 e. The first-order valence-electron chi connectivity index (χ1n) is 7.02. The van der Waals surface area contributed by atoms with Crippen LogP contribution in [0.5, 0.6) is 0 Å². The molecule has 21 heavy (non-hydrogen) atoms. The second kappa shape index (κ2) is 7.07. The number of anilines is 1. The van der Waals surface area contributed by atoms with Crippen LogP contribution in [0.15, 0.2) is 22.7 Å². The summed E-state index contributed by atoms with van der Waals surface area (Å²) in [7, 11) is 0. The predicted molar refractivity (Wildman–Crippen MR) is 94.7 cm³/mol. The molecule has 1 amide bonds. The van der Waals surface area contributed by atoms with Gasteiger partial charge in [0, 0.05) is 4.47 Å². The van der Waals surface area contributed by atoms with E-state index < -0.39 is 5.41 Å². The summed E-state index contributed by atoms with van der Waals surface area (Å²) in [6.07, 6.45) is 5.61. The number of nitrogens with one attached hydrogen (secondary N) is 1. The maximum absolute atomic E-state index is 12.8. The molecule has 1 saturated carbocycles. The molecule has 0 bridgehead atoms. The summed E-state index contributed by atoms with van der Waals surface area (Å²) in [5, 5.41) is 3.39. The van der Waals surface area contributed by atoms with Gasteiger partial charge in [0.25, 0.3) is 0 Å². The van der Waals surface area contributed by atoms with E-state index in [0.29, 0.717) is 23.6 Å². The summed E-state index contributed by atoms with van der Waals surface area (Å²) in [6.45, 7) is 0. The Balaban J connectivity index is 2.24. The van der Waals surface area contributed by atoms with E-state index in [0.717, 1.165) is 30.2 Å². The van der Waals surface area contributed by atoms with Crippen LogP contribution < -0.4 is 11.1 Å². The molecule has 114 valence electrons. The SMILES string of the molecule is NC(=S)C1(C(=O)Nc2ccc(Br)cc2Cl)CCCCCC1. The van der Waals surface area contributed by atoms with Gasteiger partial charge in [-0.3, -0.25) is 4.79 Å². The van der Waals surface area contributed by atoms with Crippen LogP contribution in [0.3, 0.4) is 0 Å². The van der Waals surface area contributed by atoms with Gasteiger partial charge in [0.15, 0.2) is 0 Å². The highest BCUT2D eigenvalue weighted by atomic mass is 79.9. The molecule has 0 aromatic heterocycles. The zero-order valence-corrected chi connectivity index (χ0v) is 14.8. The predicted octanol–water partition coefficient (Wildman–Crippen LogP) is 4.67. The smallest absolute Gasteiger partial charge is 0.237 e. The number of hydrogen-bond donors (Lipinski definition) is 2. The van der Waals surface area contributed by atoms with E-state index in [1.54, 1.807) is 12.1 Å². The zero-order valence-electron chi connectivity index (χ0n) is 11.6. The number of carbonyl (C=O) groups excluding carboxylic acids is 1. The van der Waals surface area contributed by atoms with Gasteiger partial charge in [-0.2, -0.15) is 0 Å². The van der Waals surface area contributed by atoms with E-state index in [2.05, 4.69) is 21.2 Å². The van der Waals surface area contributed by atoms with Crippen molar-refractivity contribution in [2.45, 2.75) is 38.5 Å². The minimum absolute atomic E-state index is 0.138. The summed E-state index contributed by atoms with van der Waals surface area (Å²) in [5.74, 6) is -0.138. The first-order valence-corrected chi connectivity index (χ1v) is 8.60. The Morgan fingerprint density at radius 1 is 1.29 bits per heavy atom. The molecule has 0 unspecified atom stereocenters. The first kappa shape index (κ1) is 16.7. The van der Waals surface area contributed by atoms with Crippen LogP contribution >= 0.6 is 39.7 Å². The number of hydrogen-bond acceptors (Lipinski definition) is 2. The van der Waals surface area contributed by atoms with Crippen molar-refractivity contribution in [2.75, 3.05) is 5.32 Å². The molecule has 3 nitrogen and oxygen atoms in total. The molecular formula is C15H18BrClN2OS. The summed E-state index contributed by atoms with van der Waals surface area (Å²) in [5.41, 5.74) is 5.76. The van der Waals surface area contributed by atoms with Crippen LogP contribution in [0, 0.1) is 5.41 Å². The van der Waals surface area contributed by atoms with Crippen LogP contribution in [0.1, 0.15) is 38.5 Å². The molecule has 6 heteroatoms. The minimum Gasteiger partial charge on any atom is -0.392 e. The fourth-order valence-electron chi connectivity index (χ4n) is 2.75. The van der Waals surface area contributed by atoms with Gasteiger partial charge in [-0.1, -0.05) is 65.4 Å². The summed E-state index contributed by atoms with van der Waals surface area (Å²) >= 11 is 14.7. The molecule has 0 atom stereocenters. The number of halogens is 2. The van der Waals surface area contributed by atoms with Crippen LogP contribution in [-0.4, -0.2) is 10.9 Å². The molecule has 0 radical (unpaired) electrons. The Morgan fingerprint density at radius 3 is 2.43 bits per heavy atom. The van der Waals surface area contributed by atoms with E-state index in [4.69, 9.17) is 29.6 Å². The standard InChI is InChI=1S/C15H18BrClN2OS/c16-10-5-6-12(11(17)9-10)19-14(20)15(13(18)21)7-3-1-2-4-8-15/h5-6,9H,1-4,7-8H2,(H2,18,21)(H,19,20). The normalized spacial score (nSPS) is 17.8. The molecule has 0 spiro atoms. The van der Waals surface area contributed by atoms with Crippen molar-refractivity contribution in [3.8, 4) is 0 Å². The monoisotopic (exact) mass is 388 g/mol. The van der Waals surface area contributed by atoms with Crippen molar-refractivity contribution in [3.63, 3.8) is 0 Å². The van der Waals surface area contributed by atoms with E-state index in [1.165, 1.54) is 0 Å². The van der Waals surface area contributed by atoms with Gasteiger partial charge in [-0.25, -0.2) is 0 Å². The van der Waals surface area contributed by atoms with Crippen LogP contribution in [0.2, 0.25) is 5.02 Å². The van der Waals surface area contributed by atoms with E-state index in [9.17, 15) is 4.79 Å². The lowest BCUT2D eigenvalue weighted by molar-refractivity contribution is -0.122. The van der Waals surface area contributed by atoms with Crippen molar-refractivity contribution >= 4 is 56.3 Å². The fourth-order valence-corrected chi connectivity index (χ4v) is 3.77. The van der Waals surface area contributed by atoms with Crippen molar-refractivity contribution in [1.82, 2.24) is 0 Å². The van der Waals surface area contributed by atoms with Crippen molar-refractivity contribution in [2.24, 2.45) is 11.1 Å². The molecule has 1 aliphatic carbocycles. The Hall–Kier alpha value is -0.650. The molecule has 0 aliphatic heterocycles. The molecule has 2 rings (SSSR count). The van der Waals surface area contributed by atoms with E-state index in [1.807, 2.05) is 6.07 Å². The van der Waals surface area contributed by atoms with Gasteiger partial charge in [0.2, 0.25) is 5.91 Å². The highest BCUT2D eigenvalue weighted by molar-refractivity contribution is 9.10. The molecule has 0 heterocycles. The third kappa shape index (κ3) is 3.76. The quantitative estimate of drug-likeness (QED) is 0.583. The fraction of sp³-hybridized carbons (Fsp3) is 0.467.